The molecule has 0 saturated carbocycles. The first-order valence-electron chi connectivity index (χ1n) is 8.41. The van der Waals surface area contributed by atoms with Gasteiger partial charge in [0.05, 0.1) is 13.2 Å². The van der Waals surface area contributed by atoms with E-state index < -0.39 is 0 Å². The van der Waals surface area contributed by atoms with Crippen molar-refractivity contribution in [2.24, 2.45) is 0 Å². The first-order valence-corrected chi connectivity index (χ1v) is 8.41. The van der Waals surface area contributed by atoms with Crippen molar-refractivity contribution in [3.8, 4) is 11.5 Å². The molecule has 1 fully saturated rings. The van der Waals surface area contributed by atoms with Crippen molar-refractivity contribution in [2.45, 2.75) is 25.9 Å². The van der Waals surface area contributed by atoms with E-state index in [1.807, 2.05) is 38.2 Å². The molecule has 25 heavy (non-hydrogen) atoms. The van der Waals surface area contributed by atoms with Crippen LogP contribution >= 0.6 is 0 Å². The maximum Gasteiger partial charge on any atom is 0.229 e. The molecule has 2 heterocycles. The molecule has 3 rings (SSSR count). The molecule has 2 aromatic rings. The van der Waals surface area contributed by atoms with Gasteiger partial charge in [-0.05, 0) is 31.9 Å². The van der Waals surface area contributed by atoms with Gasteiger partial charge in [-0.1, -0.05) is 0 Å². The van der Waals surface area contributed by atoms with Gasteiger partial charge in [-0.2, -0.15) is 4.98 Å². The van der Waals surface area contributed by atoms with E-state index in [2.05, 4.69) is 20.6 Å². The third kappa shape index (κ3) is 4.51. The average Bonchev–Trinajstić information content (AvgIpc) is 3.13. The van der Waals surface area contributed by atoms with Crippen LogP contribution in [0, 0.1) is 6.92 Å². The lowest BCUT2D eigenvalue weighted by atomic mass is 10.2. The number of rotatable bonds is 7. The Morgan fingerprint density at radius 2 is 2.12 bits per heavy atom. The average molecular weight is 344 g/mol. The number of anilines is 3. The molecule has 2 N–H and O–H groups in total. The van der Waals surface area contributed by atoms with Crippen molar-refractivity contribution >= 4 is 17.5 Å². The second kappa shape index (κ2) is 8.02. The fraction of sp³-hybridized carbons (Fsp3) is 0.444. The van der Waals surface area contributed by atoms with Gasteiger partial charge < -0.3 is 24.8 Å². The molecule has 1 aliphatic heterocycles. The highest BCUT2D eigenvalue weighted by Gasteiger charge is 2.17. The Bertz CT molecular complexity index is 717. The molecule has 1 aromatic carbocycles. The molecule has 1 aromatic heterocycles. The number of ether oxygens (including phenoxy) is 3. The lowest BCUT2D eigenvalue weighted by Gasteiger charge is -2.15. The van der Waals surface area contributed by atoms with E-state index in [0.29, 0.717) is 24.1 Å². The standard InChI is InChI=1S/C18H24N4O3/c1-12-9-17(19-2)22-18(20-12)21-13-6-7-15(23-3)16(10-13)25-11-14-5-4-8-24-14/h6-7,9-10,14H,4-5,8,11H2,1-3H3,(H2,19,20,21,22). The zero-order valence-corrected chi connectivity index (χ0v) is 14.8. The van der Waals surface area contributed by atoms with E-state index in [9.17, 15) is 0 Å². The Balaban J connectivity index is 1.75. The van der Waals surface area contributed by atoms with E-state index in [1.54, 1.807) is 7.11 Å². The molecule has 1 unspecified atom stereocenters. The van der Waals surface area contributed by atoms with Crippen LogP contribution in [0.2, 0.25) is 0 Å². The van der Waals surface area contributed by atoms with E-state index in [4.69, 9.17) is 14.2 Å². The number of aryl methyl sites for hydroxylation is 1. The van der Waals surface area contributed by atoms with E-state index in [1.165, 1.54) is 0 Å². The zero-order valence-electron chi connectivity index (χ0n) is 14.8. The van der Waals surface area contributed by atoms with Gasteiger partial charge in [0.25, 0.3) is 0 Å². The molecule has 1 atom stereocenters. The van der Waals surface area contributed by atoms with Crippen molar-refractivity contribution in [1.82, 2.24) is 9.97 Å². The lowest BCUT2D eigenvalue weighted by molar-refractivity contribution is 0.0670. The predicted molar refractivity (Wildman–Crippen MR) is 97.1 cm³/mol. The predicted octanol–water partition coefficient (Wildman–Crippen LogP) is 3.14. The van der Waals surface area contributed by atoms with Gasteiger partial charge in [-0.25, -0.2) is 4.98 Å². The first-order chi connectivity index (χ1) is 12.2. The first kappa shape index (κ1) is 17.3. The van der Waals surface area contributed by atoms with Crippen LogP contribution in [-0.4, -0.2) is 43.4 Å². The van der Waals surface area contributed by atoms with Crippen molar-refractivity contribution in [3.63, 3.8) is 0 Å². The van der Waals surface area contributed by atoms with Gasteiger partial charge in [0.15, 0.2) is 11.5 Å². The topological polar surface area (TPSA) is 77.5 Å². The quantitative estimate of drug-likeness (QED) is 0.799. The molecule has 0 spiro atoms. The highest BCUT2D eigenvalue weighted by molar-refractivity contribution is 5.60. The summed E-state index contributed by atoms with van der Waals surface area (Å²) in [6, 6.07) is 7.54. The fourth-order valence-electron chi connectivity index (χ4n) is 2.71. The zero-order chi connectivity index (χ0) is 17.6. The third-order valence-electron chi connectivity index (χ3n) is 3.98. The molecule has 0 radical (unpaired) electrons. The van der Waals surface area contributed by atoms with E-state index >= 15 is 0 Å². The van der Waals surface area contributed by atoms with Crippen LogP contribution < -0.4 is 20.1 Å². The minimum atomic E-state index is 0.152. The minimum absolute atomic E-state index is 0.152. The van der Waals surface area contributed by atoms with Crippen LogP contribution in [0.3, 0.4) is 0 Å². The summed E-state index contributed by atoms with van der Waals surface area (Å²) in [7, 11) is 3.46. The molecule has 7 nitrogen and oxygen atoms in total. The molecular formula is C18H24N4O3. The normalized spacial score (nSPS) is 16.5. The Morgan fingerprint density at radius 3 is 2.84 bits per heavy atom. The van der Waals surface area contributed by atoms with Crippen molar-refractivity contribution in [1.29, 1.82) is 0 Å². The number of aromatic nitrogens is 2. The van der Waals surface area contributed by atoms with Gasteiger partial charge in [0.1, 0.15) is 12.4 Å². The number of hydrogen-bond acceptors (Lipinski definition) is 7. The number of benzene rings is 1. The number of nitrogens with one attached hydrogen (secondary N) is 2. The number of methoxy groups -OCH3 is 1. The second-order valence-electron chi connectivity index (χ2n) is 5.90. The summed E-state index contributed by atoms with van der Waals surface area (Å²) in [5.41, 5.74) is 1.71. The molecular weight excluding hydrogens is 320 g/mol. The maximum absolute atomic E-state index is 5.92. The van der Waals surface area contributed by atoms with Crippen LogP contribution in [0.4, 0.5) is 17.5 Å². The Kier molecular flexibility index (Phi) is 5.55. The van der Waals surface area contributed by atoms with Gasteiger partial charge in [0, 0.05) is 37.2 Å². The minimum Gasteiger partial charge on any atom is -0.493 e. The van der Waals surface area contributed by atoms with Crippen LogP contribution in [-0.2, 0) is 4.74 Å². The molecule has 0 amide bonds. The summed E-state index contributed by atoms with van der Waals surface area (Å²) in [4.78, 5) is 8.81. The Labute approximate surface area is 147 Å². The van der Waals surface area contributed by atoms with Crippen molar-refractivity contribution < 1.29 is 14.2 Å². The van der Waals surface area contributed by atoms with Crippen molar-refractivity contribution in [3.05, 3.63) is 30.0 Å². The monoisotopic (exact) mass is 344 g/mol. The second-order valence-corrected chi connectivity index (χ2v) is 5.90. The molecule has 134 valence electrons. The van der Waals surface area contributed by atoms with Gasteiger partial charge in [0.2, 0.25) is 5.95 Å². The number of nitrogens with zero attached hydrogens (tertiary/aromatic N) is 2. The van der Waals surface area contributed by atoms with Crippen LogP contribution in [0.1, 0.15) is 18.5 Å². The van der Waals surface area contributed by atoms with Crippen LogP contribution in [0.15, 0.2) is 24.3 Å². The summed E-state index contributed by atoms with van der Waals surface area (Å²) in [6.07, 6.45) is 2.27. The maximum atomic E-state index is 5.92. The van der Waals surface area contributed by atoms with Crippen LogP contribution in [0.5, 0.6) is 11.5 Å². The molecule has 1 saturated heterocycles. The summed E-state index contributed by atoms with van der Waals surface area (Å²) in [6.45, 7) is 3.26. The van der Waals surface area contributed by atoms with E-state index in [0.717, 1.165) is 36.6 Å². The van der Waals surface area contributed by atoms with Gasteiger partial charge in [-0.15, -0.1) is 0 Å². The third-order valence-corrected chi connectivity index (χ3v) is 3.98. The SMILES string of the molecule is CNc1cc(C)nc(Nc2ccc(OC)c(OCC3CCCO3)c2)n1. The van der Waals surface area contributed by atoms with Crippen molar-refractivity contribution in [2.75, 3.05) is 38.0 Å². The molecule has 0 bridgehead atoms. The molecule has 7 heteroatoms. The summed E-state index contributed by atoms with van der Waals surface area (Å²) < 4.78 is 16.9. The largest absolute Gasteiger partial charge is 0.493 e. The summed E-state index contributed by atoms with van der Waals surface area (Å²) in [5, 5.41) is 6.24. The highest BCUT2D eigenvalue weighted by atomic mass is 16.5. The lowest BCUT2D eigenvalue weighted by Crippen LogP contribution is -2.16. The van der Waals surface area contributed by atoms with Gasteiger partial charge in [-0.3, -0.25) is 0 Å². The van der Waals surface area contributed by atoms with Crippen LogP contribution in [0.25, 0.3) is 0 Å². The van der Waals surface area contributed by atoms with E-state index in [-0.39, 0.29) is 6.10 Å². The molecule has 0 aliphatic carbocycles. The van der Waals surface area contributed by atoms with Gasteiger partial charge >= 0.3 is 0 Å². The summed E-state index contributed by atoms with van der Waals surface area (Å²) in [5.74, 6) is 2.65. The Hall–Kier alpha value is -2.54. The highest BCUT2D eigenvalue weighted by Crippen LogP contribution is 2.32. The Morgan fingerprint density at radius 1 is 1.24 bits per heavy atom. The fourth-order valence-corrected chi connectivity index (χ4v) is 2.71. The smallest absolute Gasteiger partial charge is 0.229 e. The molecule has 1 aliphatic rings. The number of hydrogen-bond donors (Lipinski definition) is 2. The summed E-state index contributed by atoms with van der Waals surface area (Å²) >= 11 is 0.